The van der Waals surface area contributed by atoms with E-state index in [9.17, 15) is 14.4 Å². The quantitative estimate of drug-likeness (QED) is 0.759. The molecule has 3 N–H and O–H groups in total. The first-order valence-corrected chi connectivity index (χ1v) is 5.51. The molecule has 2 aromatic rings. The van der Waals surface area contributed by atoms with E-state index in [1.165, 1.54) is 30.9 Å². The molecule has 1 amide bonds. The highest BCUT2D eigenvalue weighted by Crippen LogP contribution is 2.11. The molecule has 0 aliphatic rings. The number of carbonyl (C=O) groups is 1. The second kappa shape index (κ2) is 7.21. The Balaban J connectivity index is 0.00000200. The SMILES string of the molecule is Cl.Cl.Cn1c(=O)c2cc(NC(=O)CN)cnc2n(C)c1=O. The molecule has 2 rings (SSSR count). The first-order valence-electron chi connectivity index (χ1n) is 5.51. The van der Waals surface area contributed by atoms with E-state index in [1.807, 2.05) is 0 Å². The number of nitrogens with two attached hydrogens (primary N) is 1. The molecule has 0 saturated heterocycles. The summed E-state index contributed by atoms with van der Waals surface area (Å²) < 4.78 is 2.25. The number of pyridine rings is 1. The summed E-state index contributed by atoms with van der Waals surface area (Å²) in [6.07, 6.45) is 1.37. The van der Waals surface area contributed by atoms with Crippen LogP contribution in [0.2, 0.25) is 0 Å². The summed E-state index contributed by atoms with van der Waals surface area (Å²) in [5.41, 5.74) is 4.89. The van der Waals surface area contributed by atoms with Crippen LogP contribution in [0.1, 0.15) is 0 Å². The van der Waals surface area contributed by atoms with E-state index in [1.54, 1.807) is 0 Å². The van der Waals surface area contributed by atoms with Gasteiger partial charge in [0, 0.05) is 14.1 Å². The summed E-state index contributed by atoms with van der Waals surface area (Å²) in [7, 11) is 2.91. The molecule has 0 saturated carbocycles. The number of aryl methyl sites for hydroxylation is 1. The van der Waals surface area contributed by atoms with Crippen molar-refractivity contribution in [1.82, 2.24) is 14.1 Å². The third-order valence-corrected chi connectivity index (χ3v) is 2.76. The smallest absolute Gasteiger partial charge is 0.324 e. The Morgan fingerprint density at radius 3 is 2.48 bits per heavy atom. The van der Waals surface area contributed by atoms with Crippen molar-refractivity contribution in [3.8, 4) is 0 Å². The minimum atomic E-state index is -0.463. The lowest BCUT2D eigenvalue weighted by Crippen LogP contribution is -2.37. The van der Waals surface area contributed by atoms with Crippen LogP contribution in [-0.4, -0.2) is 26.6 Å². The van der Waals surface area contributed by atoms with Crippen LogP contribution >= 0.6 is 24.8 Å². The van der Waals surface area contributed by atoms with Gasteiger partial charge in [0.05, 0.1) is 23.8 Å². The van der Waals surface area contributed by atoms with Gasteiger partial charge in [0.25, 0.3) is 5.56 Å². The zero-order valence-corrected chi connectivity index (χ0v) is 13.0. The highest BCUT2D eigenvalue weighted by molar-refractivity contribution is 5.93. The normalized spacial score (nSPS) is 9.67. The van der Waals surface area contributed by atoms with E-state index < -0.39 is 11.2 Å². The molecule has 0 unspecified atom stereocenters. The highest BCUT2D eigenvalue weighted by Gasteiger charge is 2.10. The Morgan fingerprint density at radius 1 is 1.29 bits per heavy atom. The molecule has 116 valence electrons. The number of amides is 1. The van der Waals surface area contributed by atoms with E-state index in [-0.39, 0.29) is 48.3 Å². The monoisotopic (exact) mass is 335 g/mol. The number of aromatic nitrogens is 3. The van der Waals surface area contributed by atoms with Gasteiger partial charge in [-0.3, -0.25) is 18.7 Å². The summed E-state index contributed by atoms with van der Waals surface area (Å²) in [6.45, 7) is -0.163. The Morgan fingerprint density at radius 2 is 1.90 bits per heavy atom. The van der Waals surface area contributed by atoms with Crippen LogP contribution in [0.5, 0.6) is 0 Å². The van der Waals surface area contributed by atoms with Crippen molar-refractivity contribution in [3.63, 3.8) is 0 Å². The van der Waals surface area contributed by atoms with Crippen molar-refractivity contribution in [2.75, 3.05) is 11.9 Å². The van der Waals surface area contributed by atoms with Crippen LogP contribution in [0, 0.1) is 0 Å². The van der Waals surface area contributed by atoms with Crippen LogP contribution < -0.4 is 22.3 Å². The molecule has 0 aliphatic carbocycles. The van der Waals surface area contributed by atoms with Gasteiger partial charge in [-0.05, 0) is 6.07 Å². The van der Waals surface area contributed by atoms with E-state index >= 15 is 0 Å². The van der Waals surface area contributed by atoms with Gasteiger partial charge in [-0.15, -0.1) is 24.8 Å². The molecule has 0 aliphatic heterocycles. The average Bonchev–Trinajstić information content (AvgIpc) is 2.42. The molecule has 8 nitrogen and oxygen atoms in total. The Hall–Kier alpha value is -1.90. The van der Waals surface area contributed by atoms with Gasteiger partial charge in [0.2, 0.25) is 5.91 Å². The maximum Gasteiger partial charge on any atom is 0.332 e. The first-order chi connectivity index (χ1) is 8.95. The number of carbonyl (C=O) groups excluding carboxylic acids is 1. The zero-order chi connectivity index (χ0) is 14.2. The van der Waals surface area contributed by atoms with Crippen molar-refractivity contribution in [1.29, 1.82) is 0 Å². The summed E-state index contributed by atoms with van der Waals surface area (Å²) in [5, 5.41) is 2.75. The van der Waals surface area contributed by atoms with Crippen LogP contribution in [0.15, 0.2) is 21.9 Å². The van der Waals surface area contributed by atoms with Crippen LogP contribution in [0.4, 0.5) is 5.69 Å². The number of hydrogen-bond donors (Lipinski definition) is 2. The molecule has 0 atom stereocenters. The first kappa shape index (κ1) is 19.1. The van der Waals surface area contributed by atoms with Crippen LogP contribution in [-0.2, 0) is 18.9 Å². The maximum absolute atomic E-state index is 12.0. The minimum absolute atomic E-state index is 0. The predicted molar refractivity (Wildman–Crippen MR) is 84.4 cm³/mol. The fourth-order valence-electron chi connectivity index (χ4n) is 1.75. The van der Waals surface area contributed by atoms with E-state index in [4.69, 9.17) is 5.73 Å². The number of nitrogens with one attached hydrogen (secondary N) is 1. The highest BCUT2D eigenvalue weighted by atomic mass is 35.5. The zero-order valence-electron chi connectivity index (χ0n) is 11.3. The van der Waals surface area contributed by atoms with E-state index in [0.717, 1.165) is 4.57 Å². The van der Waals surface area contributed by atoms with Gasteiger partial charge >= 0.3 is 5.69 Å². The average molecular weight is 336 g/mol. The number of halogens is 2. The van der Waals surface area contributed by atoms with Crippen molar-refractivity contribution >= 4 is 47.4 Å². The molecule has 2 heterocycles. The molecule has 0 fully saturated rings. The summed E-state index contributed by atoms with van der Waals surface area (Å²) in [5.74, 6) is -0.386. The molecule has 10 heteroatoms. The largest absolute Gasteiger partial charge is 0.332 e. The molecule has 0 bridgehead atoms. The molecule has 2 aromatic heterocycles. The van der Waals surface area contributed by atoms with Crippen molar-refractivity contribution < 1.29 is 4.79 Å². The fraction of sp³-hybridized carbons (Fsp3) is 0.273. The van der Waals surface area contributed by atoms with Gasteiger partial charge in [0.15, 0.2) is 0 Å². The minimum Gasteiger partial charge on any atom is -0.324 e. The van der Waals surface area contributed by atoms with E-state index in [2.05, 4.69) is 10.3 Å². The molecule has 0 radical (unpaired) electrons. The third kappa shape index (κ3) is 3.41. The van der Waals surface area contributed by atoms with Gasteiger partial charge < -0.3 is 11.1 Å². The Bertz CT molecular complexity index is 784. The topological polar surface area (TPSA) is 112 Å². The number of nitrogens with zero attached hydrogens (tertiary/aromatic N) is 3. The fourth-order valence-corrected chi connectivity index (χ4v) is 1.75. The molecule has 0 aromatic carbocycles. The van der Waals surface area contributed by atoms with Crippen LogP contribution in [0.25, 0.3) is 11.0 Å². The number of rotatable bonds is 2. The molecular formula is C11H15Cl2N5O3. The van der Waals surface area contributed by atoms with Gasteiger partial charge in [-0.25, -0.2) is 9.78 Å². The van der Waals surface area contributed by atoms with Gasteiger partial charge in [-0.1, -0.05) is 0 Å². The van der Waals surface area contributed by atoms with Crippen molar-refractivity contribution in [2.24, 2.45) is 19.8 Å². The lowest BCUT2D eigenvalue weighted by Gasteiger charge is -2.08. The van der Waals surface area contributed by atoms with Crippen LogP contribution in [0.3, 0.4) is 0 Å². The molecule has 21 heavy (non-hydrogen) atoms. The summed E-state index contributed by atoms with van der Waals surface area (Å²) in [6, 6.07) is 1.47. The third-order valence-electron chi connectivity index (χ3n) is 2.76. The maximum atomic E-state index is 12.0. The Kier molecular flexibility index (Phi) is 6.55. The van der Waals surface area contributed by atoms with Crippen molar-refractivity contribution in [3.05, 3.63) is 33.1 Å². The Labute approximate surface area is 131 Å². The lowest BCUT2D eigenvalue weighted by molar-refractivity contribution is -0.114. The van der Waals surface area contributed by atoms with E-state index in [0.29, 0.717) is 5.69 Å². The number of anilines is 1. The van der Waals surface area contributed by atoms with Gasteiger partial charge in [0.1, 0.15) is 5.65 Å². The number of fused-ring (bicyclic) bond motifs is 1. The predicted octanol–water partition coefficient (Wildman–Crippen LogP) is -0.627. The molecule has 0 spiro atoms. The second-order valence-electron chi connectivity index (χ2n) is 4.05. The lowest BCUT2D eigenvalue weighted by atomic mass is 10.3. The number of hydrogen-bond acceptors (Lipinski definition) is 5. The standard InChI is InChI=1S/C11H13N5O3.2ClH/c1-15-9-7(10(18)16(2)11(15)19)3-6(5-13-9)14-8(17)4-12;;/h3,5H,4,12H2,1-2H3,(H,14,17);2*1H. The second-order valence-corrected chi connectivity index (χ2v) is 4.05. The molecular weight excluding hydrogens is 321 g/mol. The summed E-state index contributed by atoms with van der Waals surface area (Å²) in [4.78, 5) is 38.9. The van der Waals surface area contributed by atoms with Crippen molar-refractivity contribution in [2.45, 2.75) is 0 Å². The van der Waals surface area contributed by atoms with Gasteiger partial charge in [-0.2, -0.15) is 0 Å². The summed E-state index contributed by atoms with van der Waals surface area (Å²) >= 11 is 0.